The Morgan fingerprint density at radius 3 is 1.70 bits per heavy atom. The lowest BCUT2D eigenvalue weighted by atomic mass is 9.66. The van der Waals surface area contributed by atoms with E-state index in [4.69, 9.17) is 4.74 Å². The molecule has 8 aromatic carbocycles. The zero-order valence-electron chi connectivity index (χ0n) is 28.4. The fraction of sp³-hybridized carbons (Fsp3) is 0.0204. The lowest BCUT2D eigenvalue weighted by Gasteiger charge is -2.39. The Balaban J connectivity index is 1.18. The zero-order chi connectivity index (χ0) is 34.7. The molecule has 4 heteroatoms. The molecule has 1 aliphatic carbocycles. The maximum absolute atomic E-state index is 6.61. The summed E-state index contributed by atoms with van der Waals surface area (Å²) in [5.74, 6) is 1.84. The van der Waals surface area contributed by atoms with Crippen molar-refractivity contribution in [3.05, 3.63) is 198 Å². The molecule has 0 N–H and O–H groups in total. The van der Waals surface area contributed by atoms with Crippen LogP contribution in [0, 0.1) is 0 Å². The standard InChI is InChI=1S/C49H29NOS2/c1-2-14-30(15-3-1)50(39-21-12-26-44-47(39)32-17-5-11-25-43(32)52-44)40-22-13-27-45-48(40)34-28-33-31-16-4-6-18-35(31)49(38(33)29-46(34)53-45)36-19-7-9-23-41(36)51-42-24-10-8-20-37(42)49/h1-29H. The minimum absolute atomic E-state index is 0.490. The summed E-state index contributed by atoms with van der Waals surface area (Å²) in [4.78, 5) is 2.49. The van der Waals surface area contributed by atoms with Gasteiger partial charge in [-0.25, -0.2) is 0 Å². The summed E-state index contributed by atoms with van der Waals surface area (Å²) in [6.45, 7) is 0. The van der Waals surface area contributed by atoms with E-state index >= 15 is 0 Å². The summed E-state index contributed by atoms with van der Waals surface area (Å²) in [5, 5.41) is 5.15. The van der Waals surface area contributed by atoms with Gasteiger partial charge >= 0.3 is 0 Å². The van der Waals surface area contributed by atoms with Gasteiger partial charge in [0.2, 0.25) is 0 Å². The molecule has 53 heavy (non-hydrogen) atoms. The number of benzene rings is 8. The number of fused-ring (bicyclic) bond motifs is 15. The fourth-order valence-electron chi connectivity index (χ4n) is 9.26. The molecule has 0 radical (unpaired) electrons. The highest BCUT2D eigenvalue weighted by atomic mass is 32.1. The third kappa shape index (κ3) is 3.92. The topological polar surface area (TPSA) is 12.5 Å². The van der Waals surface area contributed by atoms with Crippen LogP contribution in [0.5, 0.6) is 11.5 Å². The molecule has 10 aromatic rings. The van der Waals surface area contributed by atoms with Crippen molar-refractivity contribution in [3.63, 3.8) is 0 Å². The molecule has 0 bridgehead atoms. The van der Waals surface area contributed by atoms with Crippen molar-refractivity contribution >= 4 is 80.1 Å². The molecule has 1 spiro atoms. The van der Waals surface area contributed by atoms with E-state index in [0.717, 1.165) is 17.2 Å². The van der Waals surface area contributed by atoms with Crippen molar-refractivity contribution in [3.8, 4) is 22.6 Å². The Bertz CT molecular complexity index is 3070. The smallest absolute Gasteiger partial charge is 0.132 e. The second-order valence-corrected chi connectivity index (χ2v) is 16.1. The number of anilines is 3. The lowest BCUT2D eigenvalue weighted by Crippen LogP contribution is -2.32. The van der Waals surface area contributed by atoms with Crippen molar-refractivity contribution < 1.29 is 4.74 Å². The molecule has 2 nitrogen and oxygen atoms in total. The molecule has 0 unspecified atom stereocenters. The highest BCUT2D eigenvalue weighted by molar-refractivity contribution is 7.26. The Morgan fingerprint density at radius 2 is 0.962 bits per heavy atom. The molecule has 0 saturated heterocycles. The fourth-order valence-corrected chi connectivity index (χ4v) is 11.5. The molecule has 2 aliphatic rings. The number of nitrogens with zero attached hydrogens (tertiary/aromatic N) is 1. The van der Waals surface area contributed by atoms with Gasteiger partial charge in [-0.1, -0.05) is 109 Å². The van der Waals surface area contributed by atoms with E-state index in [0.29, 0.717) is 0 Å². The second-order valence-electron chi connectivity index (χ2n) is 14.0. The Morgan fingerprint density at radius 1 is 0.396 bits per heavy atom. The summed E-state index contributed by atoms with van der Waals surface area (Å²) in [5.41, 5.74) is 10.6. The van der Waals surface area contributed by atoms with Crippen LogP contribution in [0.2, 0.25) is 0 Å². The predicted octanol–water partition coefficient (Wildman–Crippen LogP) is 14.4. The first-order valence-electron chi connectivity index (χ1n) is 18.0. The maximum Gasteiger partial charge on any atom is 0.132 e. The van der Waals surface area contributed by atoms with Gasteiger partial charge in [0.15, 0.2) is 0 Å². The van der Waals surface area contributed by atoms with Crippen molar-refractivity contribution in [1.29, 1.82) is 0 Å². The number of hydrogen-bond donors (Lipinski definition) is 0. The van der Waals surface area contributed by atoms with Crippen LogP contribution in [0.15, 0.2) is 176 Å². The molecule has 0 fully saturated rings. The first-order valence-corrected chi connectivity index (χ1v) is 19.6. The van der Waals surface area contributed by atoms with Gasteiger partial charge in [-0.05, 0) is 89.0 Å². The van der Waals surface area contributed by atoms with Crippen molar-refractivity contribution in [2.75, 3.05) is 4.90 Å². The van der Waals surface area contributed by atoms with E-state index in [1.807, 2.05) is 22.7 Å². The molecule has 2 aromatic heterocycles. The van der Waals surface area contributed by atoms with E-state index in [1.165, 1.54) is 85.1 Å². The average Bonchev–Trinajstić information content (AvgIpc) is 3.87. The van der Waals surface area contributed by atoms with Gasteiger partial charge in [-0.2, -0.15) is 0 Å². The zero-order valence-corrected chi connectivity index (χ0v) is 30.0. The van der Waals surface area contributed by atoms with E-state index < -0.39 is 5.41 Å². The minimum Gasteiger partial charge on any atom is -0.457 e. The van der Waals surface area contributed by atoms with Crippen LogP contribution in [-0.4, -0.2) is 0 Å². The van der Waals surface area contributed by atoms with Crippen LogP contribution in [0.3, 0.4) is 0 Å². The molecule has 0 atom stereocenters. The molecule has 0 amide bonds. The van der Waals surface area contributed by atoms with E-state index in [9.17, 15) is 0 Å². The molecular weight excluding hydrogens is 683 g/mol. The lowest BCUT2D eigenvalue weighted by molar-refractivity contribution is 0.436. The number of rotatable bonds is 3. The van der Waals surface area contributed by atoms with E-state index in [-0.39, 0.29) is 0 Å². The van der Waals surface area contributed by atoms with Gasteiger partial charge in [-0.15, -0.1) is 22.7 Å². The van der Waals surface area contributed by atoms with E-state index in [2.05, 4.69) is 181 Å². The largest absolute Gasteiger partial charge is 0.457 e. The third-order valence-corrected chi connectivity index (χ3v) is 13.6. The number of hydrogen-bond acceptors (Lipinski definition) is 4. The Kier molecular flexibility index (Phi) is 6.05. The molecule has 1 aliphatic heterocycles. The van der Waals surface area contributed by atoms with Crippen LogP contribution in [0.4, 0.5) is 17.1 Å². The molecule has 248 valence electrons. The van der Waals surface area contributed by atoms with Gasteiger partial charge in [0, 0.05) is 57.2 Å². The molecule has 3 heterocycles. The Hall–Kier alpha value is -6.20. The maximum atomic E-state index is 6.61. The van der Waals surface area contributed by atoms with Gasteiger partial charge in [0.05, 0.1) is 16.8 Å². The minimum atomic E-state index is -0.490. The normalized spacial score (nSPS) is 13.6. The number of ether oxygens (including phenoxy) is 1. The quantitative estimate of drug-likeness (QED) is 0.181. The van der Waals surface area contributed by atoms with Gasteiger partial charge < -0.3 is 9.64 Å². The van der Waals surface area contributed by atoms with Crippen molar-refractivity contribution in [2.45, 2.75) is 5.41 Å². The highest BCUT2D eigenvalue weighted by Gasteiger charge is 2.51. The monoisotopic (exact) mass is 711 g/mol. The molecule has 12 rings (SSSR count). The molecule has 0 saturated carbocycles. The number of para-hydroxylation sites is 3. The predicted molar refractivity (Wildman–Crippen MR) is 224 cm³/mol. The van der Waals surface area contributed by atoms with Crippen molar-refractivity contribution in [2.24, 2.45) is 0 Å². The summed E-state index contributed by atoms with van der Waals surface area (Å²) < 4.78 is 11.8. The van der Waals surface area contributed by atoms with Crippen LogP contribution >= 0.6 is 22.7 Å². The first-order chi connectivity index (χ1) is 26.3. The van der Waals surface area contributed by atoms with Crippen molar-refractivity contribution in [1.82, 2.24) is 0 Å². The highest BCUT2D eigenvalue weighted by Crippen LogP contribution is 2.63. The average molecular weight is 712 g/mol. The van der Waals surface area contributed by atoms with Crippen LogP contribution in [0.1, 0.15) is 22.3 Å². The summed E-state index contributed by atoms with van der Waals surface area (Å²) >= 11 is 3.76. The van der Waals surface area contributed by atoms with Gasteiger partial charge in [-0.3, -0.25) is 0 Å². The van der Waals surface area contributed by atoms with Crippen LogP contribution in [0.25, 0.3) is 51.5 Å². The van der Waals surface area contributed by atoms with E-state index in [1.54, 1.807) is 0 Å². The molecular formula is C49H29NOS2. The Labute approximate surface area is 314 Å². The summed E-state index contributed by atoms with van der Waals surface area (Å²) in [6.07, 6.45) is 0. The summed E-state index contributed by atoms with van der Waals surface area (Å²) in [6, 6.07) is 64.5. The second kappa shape index (κ2) is 10.9. The summed E-state index contributed by atoms with van der Waals surface area (Å²) in [7, 11) is 0. The van der Waals surface area contributed by atoms with Crippen LogP contribution in [-0.2, 0) is 5.41 Å². The van der Waals surface area contributed by atoms with Gasteiger partial charge in [0.25, 0.3) is 0 Å². The SMILES string of the molecule is c1ccc(N(c2cccc3sc4ccccc4c23)c2cccc3sc4cc5c(cc4c23)-c2ccccc2C52c3ccccc3Oc3ccccc32)cc1. The number of thiophene rings is 2. The first kappa shape index (κ1) is 29.4. The van der Waals surface area contributed by atoms with Gasteiger partial charge in [0.1, 0.15) is 11.5 Å². The third-order valence-electron chi connectivity index (χ3n) is 11.3. The van der Waals surface area contributed by atoms with Crippen LogP contribution < -0.4 is 9.64 Å².